The lowest BCUT2D eigenvalue weighted by Crippen LogP contribution is -2.46. The summed E-state index contributed by atoms with van der Waals surface area (Å²) in [6.07, 6.45) is 2.70. The van der Waals surface area contributed by atoms with E-state index in [2.05, 4.69) is 22.4 Å². The zero-order valence-corrected chi connectivity index (χ0v) is 24.5. The SMILES string of the molecule is CCCCCCNC(=O)OC(C)N1N=C(Oc2c(Cl)cc(-n3nc(C#N)c(=O)[nH]c3=O)cc2Cl)C=C(C(C)C)C1O. The maximum absolute atomic E-state index is 12.3. The van der Waals surface area contributed by atoms with Gasteiger partial charge in [0.15, 0.2) is 18.2 Å². The molecule has 1 amide bonds. The van der Waals surface area contributed by atoms with Gasteiger partial charge >= 0.3 is 11.8 Å². The van der Waals surface area contributed by atoms with Gasteiger partial charge < -0.3 is 19.9 Å². The Morgan fingerprint density at radius 3 is 2.51 bits per heavy atom. The van der Waals surface area contributed by atoms with Gasteiger partial charge in [-0.3, -0.25) is 9.78 Å². The Morgan fingerprint density at radius 1 is 1.22 bits per heavy atom. The highest BCUT2D eigenvalue weighted by molar-refractivity contribution is 6.37. The number of nitrogens with one attached hydrogen (secondary N) is 2. The Kier molecular flexibility index (Phi) is 10.9. The molecule has 220 valence electrons. The lowest BCUT2D eigenvalue weighted by atomic mass is 10.00. The van der Waals surface area contributed by atoms with Gasteiger partial charge in [0.1, 0.15) is 6.07 Å². The summed E-state index contributed by atoms with van der Waals surface area (Å²) in [4.78, 5) is 38.2. The van der Waals surface area contributed by atoms with Crippen molar-refractivity contribution in [3.8, 4) is 17.5 Å². The van der Waals surface area contributed by atoms with E-state index in [9.17, 15) is 19.5 Å². The lowest BCUT2D eigenvalue weighted by Gasteiger charge is -2.35. The molecule has 1 aliphatic heterocycles. The van der Waals surface area contributed by atoms with Crippen LogP contribution in [-0.2, 0) is 4.74 Å². The van der Waals surface area contributed by atoms with Crippen molar-refractivity contribution in [3.05, 3.63) is 60.4 Å². The second-order valence-corrected chi connectivity index (χ2v) is 10.3. The van der Waals surface area contributed by atoms with Crippen LogP contribution in [-0.4, -0.2) is 55.9 Å². The highest BCUT2D eigenvalue weighted by atomic mass is 35.5. The van der Waals surface area contributed by atoms with Crippen LogP contribution in [0.15, 0.2) is 38.5 Å². The molecule has 41 heavy (non-hydrogen) atoms. The second-order valence-electron chi connectivity index (χ2n) is 9.46. The van der Waals surface area contributed by atoms with Crippen LogP contribution in [0.2, 0.25) is 10.0 Å². The van der Waals surface area contributed by atoms with Gasteiger partial charge in [0, 0.05) is 12.6 Å². The van der Waals surface area contributed by atoms with Gasteiger partial charge in [-0.1, -0.05) is 63.2 Å². The number of halogens is 2. The van der Waals surface area contributed by atoms with E-state index in [0.29, 0.717) is 12.1 Å². The summed E-state index contributed by atoms with van der Waals surface area (Å²) in [5, 5.41) is 31.9. The number of hydrogen-bond donors (Lipinski definition) is 3. The molecule has 0 spiro atoms. The summed E-state index contributed by atoms with van der Waals surface area (Å²) in [5.41, 5.74) is -1.76. The molecule has 0 bridgehead atoms. The van der Waals surface area contributed by atoms with Crippen LogP contribution in [0, 0.1) is 17.2 Å². The zero-order chi connectivity index (χ0) is 30.3. The van der Waals surface area contributed by atoms with E-state index in [0.717, 1.165) is 30.4 Å². The number of carbonyl (C=O) groups excluding carboxylic acids is 1. The molecule has 0 radical (unpaired) electrons. The number of hydrogen-bond acceptors (Lipinski definition) is 10. The molecule has 2 heterocycles. The van der Waals surface area contributed by atoms with Gasteiger partial charge in [-0.15, -0.1) is 10.2 Å². The number of aromatic amines is 1. The predicted octanol–water partition coefficient (Wildman–Crippen LogP) is 3.66. The van der Waals surface area contributed by atoms with Gasteiger partial charge in [-0.25, -0.2) is 14.6 Å². The largest absolute Gasteiger partial charge is 0.434 e. The number of aliphatic hydroxyl groups is 1. The third-order valence-corrected chi connectivity index (χ3v) is 6.60. The first-order valence-corrected chi connectivity index (χ1v) is 13.7. The molecule has 13 nitrogen and oxygen atoms in total. The van der Waals surface area contributed by atoms with E-state index in [-0.39, 0.29) is 33.3 Å². The third kappa shape index (κ3) is 7.87. The Labute approximate surface area is 246 Å². The summed E-state index contributed by atoms with van der Waals surface area (Å²) in [6.45, 7) is 7.86. The highest BCUT2D eigenvalue weighted by Gasteiger charge is 2.32. The van der Waals surface area contributed by atoms with E-state index in [1.165, 1.54) is 23.2 Å². The number of alkyl carbamates (subject to hydrolysis) is 1. The molecule has 3 rings (SSSR count). The van der Waals surface area contributed by atoms with Crippen molar-refractivity contribution in [2.45, 2.75) is 65.8 Å². The van der Waals surface area contributed by atoms with Crippen molar-refractivity contribution in [3.63, 3.8) is 0 Å². The molecule has 15 heteroatoms. The molecule has 2 aromatic rings. The summed E-state index contributed by atoms with van der Waals surface area (Å²) < 4.78 is 12.1. The molecule has 0 saturated heterocycles. The van der Waals surface area contributed by atoms with Crippen LogP contribution in [0.1, 0.15) is 59.1 Å². The molecule has 0 saturated carbocycles. The summed E-state index contributed by atoms with van der Waals surface area (Å²) in [7, 11) is 0. The summed E-state index contributed by atoms with van der Waals surface area (Å²) >= 11 is 12.9. The second kappa shape index (κ2) is 14.2. The van der Waals surface area contributed by atoms with E-state index in [1.807, 2.05) is 18.8 Å². The first-order valence-electron chi connectivity index (χ1n) is 13.0. The third-order valence-electron chi connectivity index (χ3n) is 6.04. The van der Waals surface area contributed by atoms with Crippen LogP contribution in [0.3, 0.4) is 0 Å². The van der Waals surface area contributed by atoms with Crippen molar-refractivity contribution in [1.82, 2.24) is 25.1 Å². The number of nitrogens with zero attached hydrogens (tertiary/aromatic N) is 5. The smallest absolute Gasteiger partial charge is 0.409 e. The molecular weight excluding hydrogens is 577 g/mol. The standard InChI is InChI=1S/C26H31Cl2N7O6/c1-5-6-7-8-9-30-26(39)40-15(4)34-24(37)17(14(2)3)12-21(33-34)41-22-18(27)10-16(11-19(22)28)35-25(38)31-23(36)20(13-29)32-35/h10-12,14-15,24,37H,5-9H2,1-4H3,(H,30,39)(H,31,36,38). The predicted molar refractivity (Wildman–Crippen MR) is 152 cm³/mol. The number of hydrazone groups is 1. The number of nitriles is 1. The average Bonchev–Trinajstić information content (AvgIpc) is 2.91. The molecular formula is C26H31Cl2N7O6. The first-order chi connectivity index (χ1) is 19.5. The number of benzene rings is 1. The van der Waals surface area contributed by atoms with Crippen molar-refractivity contribution in [2.24, 2.45) is 11.0 Å². The van der Waals surface area contributed by atoms with E-state index < -0.39 is 35.5 Å². The molecule has 0 fully saturated rings. The molecule has 1 aromatic heterocycles. The fourth-order valence-electron chi connectivity index (χ4n) is 3.87. The van der Waals surface area contributed by atoms with Crippen molar-refractivity contribution in [1.29, 1.82) is 5.26 Å². The number of carbonyl (C=O) groups is 1. The molecule has 2 unspecified atom stereocenters. The van der Waals surface area contributed by atoms with Crippen LogP contribution < -0.4 is 21.3 Å². The minimum atomic E-state index is -1.20. The number of amides is 1. The number of unbranched alkanes of at least 4 members (excludes halogenated alkanes) is 3. The highest BCUT2D eigenvalue weighted by Crippen LogP contribution is 2.36. The Bertz CT molecular complexity index is 1470. The quantitative estimate of drug-likeness (QED) is 0.340. The van der Waals surface area contributed by atoms with Gasteiger partial charge in [0.05, 0.1) is 15.7 Å². The number of H-pyrrole nitrogens is 1. The Hall–Kier alpha value is -3.86. The fourth-order valence-corrected chi connectivity index (χ4v) is 4.43. The van der Waals surface area contributed by atoms with Crippen LogP contribution in [0.4, 0.5) is 4.79 Å². The number of ether oxygens (including phenoxy) is 2. The monoisotopic (exact) mass is 607 g/mol. The average molecular weight is 608 g/mol. The lowest BCUT2D eigenvalue weighted by molar-refractivity contribution is -0.0848. The number of rotatable bonds is 10. The van der Waals surface area contributed by atoms with Crippen molar-refractivity contribution < 1.29 is 19.4 Å². The summed E-state index contributed by atoms with van der Waals surface area (Å²) in [6, 6.07) is 4.20. The molecule has 2 atom stereocenters. The van der Waals surface area contributed by atoms with Crippen LogP contribution in [0.5, 0.6) is 5.75 Å². The van der Waals surface area contributed by atoms with E-state index in [1.54, 1.807) is 13.0 Å². The van der Waals surface area contributed by atoms with Crippen LogP contribution >= 0.6 is 23.2 Å². The van der Waals surface area contributed by atoms with Crippen LogP contribution in [0.25, 0.3) is 5.69 Å². The molecule has 3 N–H and O–H groups in total. The number of aromatic nitrogens is 3. The first kappa shape index (κ1) is 31.7. The maximum atomic E-state index is 12.3. The van der Waals surface area contributed by atoms with Crippen molar-refractivity contribution >= 4 is 35.2 Å². The van der Waals surface area contributed by atoms with Gasteiger partial charge in [0.2, 0.25) is 11.6 Å². The Morgan fingerprint density at radius 2 is 1.90 bits per heavy atom. The Balaban J connectivity index is 1.85. The fraction of sp³-hybridized carbons (Fsp3) is 0.462. The van der Waals surface area contributed by atoms with Gasteiger partial charge in [0.25, 0.3) is 5.56 Å². The van der Waals surface area contributed by atoms with E-state index >= 15 is 0 Å². The van der Waals surface area contributed by atoms with Gasteiger partial charge in [-0.2, -0.15) is 9.94 Å². The molecule has 0 aliphatic carbocycles. The summed E-state index contributed by atoms with van der Waals surface area (Å²) in [5.74, 6) is -0.165. The maximum Gasteiger partial charge on any atom is 0.409 e. The normalized spacial score (nSPS) is 15.6. The van der Waals surface area contributed by atoms with E-state index in [4.69, 9.17) is 37.9 Å². The van der Waals surface area contributed by atoms with Gasteiger partial charge in [-0.05, 0) is 37.0 Å². The molecule has 1 aromatic carbocycles. The minimum Gasteiger partial charge on any atom is -0.434 e. The molecule has 1 aliphatic rings. The topological polar surface area (TPSA) is 175 Å². The minimum absolute atomic E-state index is 0.00271. The van der Waals surface area contributed by atoms with Crippen molar-refractivity contribution in [2.75, 3.05) is 6.54 Å². The zero-order valence-electron chi connectivity index (χ0n) is 23.0. The number of aliphatic hydroxyl groups excluding tert-OH is 1.